The van der Waals surface area contributed by atoms with Crippen molar-refractivity contribution in [1.29, 1.82) is 0 Å². The van der Waals surface area contributed by atoms with Crippen LogP contribution in [0.5, 0.6) is 0 Å². The summed E-state index contributed by atoms with van der Waals surface area (Å²) in [5.74, 6) is 0. The van der Waals surface area contributed by atoms with Gasteiger partial charge in [0.05, 0.1) is 6.61 Å². The summed E-state index contributed by atoms with van der Waals surface area (Å²) >= 11 is 0. The Kier molecular flexibility index (Phi) is 5.02. The van der Waals surface area contributed by atoms with E-state index in [-0.39, 0.29) is 6.61 Å². The fourth-order valence-electron chi connectivity index (χ4n) is 2.23. The summed E-state index contributed by atoms with van der Waals surface area (Å²) in [6, 6.07) is 9.38. The third kappa shape index (κ3) is 3.72. The molecule has 100 valence electrons. The van der Waals surface area contributed by atoms with Gasteiger partial charge in [0.2, 0.25) is 0 Å². The Balaban J connectivity index is 1.92. The zero-order chi connectivity index (χ0) is 12.8. The fourth-order valence-corrected chi connectivity index (χ4v) is 2.23. The molecule has 2 rings (SSSR count). The van der Waals surface area contributed by atoms with Gasteiger partial charge in [-0.3, -0.25) is 0 Å². The van der Waals surface area contributed by atoms with Crippen molar-refractivity contribution < 1.29 is 5.11 Å². The summed E-state index contributed by atoms with van der Waals surface area (Å²) in [7, 11) is 0. The predicted molar refractivity (Wildman–Crippen MR) is 75.9 cm³/mol. The van der Waals surface area contributed by atoms with Crippen molar-refractivity contribution in [1.82, 2.24) is 5.32 Å². The molecule has 0 aromatic heterocycles. The topological polar surface area (TPSA) is 35.5 Å². The molecule has 1 aromatic carbocycles. The molecule has 0 radical (unpaired) electrons. The van der Waals surface area contributed by atoms with E-state index in [4.69, 9.17) is 5.11 Å². The highest BCUT2D eigenvalue weighted by atomic mass is 16.3. The van der Waals surface area contributed by atoms with Crippen molar-refractivity contribution in [3.05, 3.63) is 29.8 Å². The predicted octanol–water partition coefficient (Wildman–Crippen LogP) is 2.15. The van der Waals surface area contributed by atoms with Crippen LogP contribution in [-0.2, 0) is 6.54 Å². The first-order valence-electron chi connectivity index (χ1n) is 7.02. The van der Waals surface area contributed by atoms with Crippen LogP contribution in [0.1, 0.15) is 31.7 Å². The molecule has 3 heteroatoms. The first-order chi connectivity index (χ1) is 8.85. The number of nitrogens with one attached hydrogen (secondary N) is 1. The number of benzene rings is 1. The number of aliphatic hydroxyl groups is 1. The smallest absolute Gasteiger partial charge is 0.0606 e. The highest BCUT2D eigenvalue weighted by Gasteiger charge is 2.28. The second-order valence-electron chi connectivity index (χ2n) is 4.99. The molecule has 18 heavy (non-hydrogen) atoms. The van der Waals surface area contributed by atoms with Crippen LogP contribution in [0, 0.1) is 0 Å². The second kappa shape index (κ2) is 6.76. The molecule has 0 aliphatic heterocycles. The SMILES string of the molecule is CCCNCc1ccc(N(CCO)C2CC2)cc1. The normalized spacial score (nSPS) is 14.8. The molecule has 0 bridgehead atoms. The third-order valence-electron chi connectivity index (χ3n) is 3.35. The highest BCUT2D eigenvalue weighted by Crippen LogP contribution is 2.31. The third-order valence-corrected chi connectivity index (χ3v) is 3.35. The number of anilines is 1. The standard InChI is InChI=1S/C15H24N2O/c1-2-9-16-12-13-3-5-14(6-4-13)17(10-11-18)15-7-8-15/h3-6,15-16,18H,2,7-12H2,1H3. The number of hydrogen-bond acceptors (Lipinski definition) is 3. The van der Waals surface area contributed by atoms with Crippen molar-refractivity contribution >= 4 is 5.69 Å². The van der Waals surface area contributed by atoms with Crippen LogP contribution in [0.3, 0.4) is 0 Å². The molecule has 0 unspecified atom stereocenters. The molecule has 1 aliphatic carbocycles. The van der Waals surface area contributed by atoms with Gasteiger partial charge in [-0.15, -0.1) is 0 Å². The lowest BCUT2D eigenvalue weighted by Gasteiger charge is -2.23. The van der Waals surface area contributed by atoms with Gasteiger partial charge in [-0.1, -0.05) is 19.1 Å². The van der Waals surface area contributed by atoms with Crippen molar-refractivity contribution in [2.24, 2.45) is 0 Å². The maximum atomic E-state index is 9.12. The largest absolute Gasteiger partial charge is 0.395 e. The Hall–Kier alpha value is -1.06. The van der Waals surface area contributed by atoms with E-state index in [2.05, 4.69) is 41.4 Å². The van der Waals surface area contributed by atoms with Crippen LogP contribution in [0.2, 0.25) is 0 Å². The maximum absolute atomic E-state index is 9.12. The summed E-state index contributed by atoms with van der Waals surface area (Å²) < 4.78 is 0. The van der Waals surface area contributed by atoms with E-state index in [0.717, 1.165) is 19.6 Å². The highest BCUT2D eigenvalue weighted by molar-refractivity contribution is 5.49. The Morgan fingerprint density at radius 1 is 1.28 bits per heavy atom. The summed E-state index contributed by atoms with van der Waals surface area (Å²) in [6.45, 7) is 5.17. The van der Waals surface area contributed by atoms with Crippen molar-refractivity contribution in [3.63, 3.8) is 0 Å². The van der Waals surface area contributed by atoms with Crippen LogP contribution in [0.25, 0.3) is 0 Å². The van der Waals surface area contributed by atoms with Gasteiger partial charge in [-0.25, -0.2) is 0 Å². The lowest BCUT2D eigenvalue weighted by molar-refractivity contribution is 0.301. The fraction of sp³-hybridized carbons (Fsp3) is 0.600. The molecule has 2 N–H and O–H groups in total. The maximum Gasteiger partial charge on any atom is 0.0606 e. The van der Waals surface area contributed by atoms with Crippen LogP contribution < -0.4 is 10.2 Å². The molecule has 0 saturated heterocycles. The molecule has 1 aliphatic rings. The van der Waals surface area contributed by atoms with Gasteiger partial charge in [0, 0.05) is 24.8 Å². The molecule has 3 nitrogen and oxygen atoms in total. The zero-order valence-electron chi connectivity index (χ0n) is 11.2. The van der Waals surface area contributed by atoms with Gasteiger partial charge in [0.15, 0.2) is 0 Å². The van der Waals surface area contributed by atoms with E-state index in [0.29, 0.717) is 6.04 Å². The minimum atomic E-state index is 0.232. The van der Waals surface area contributed by atoms with Gasteiger partial charge in [0.1, 0.15) is 0 Å². The van der Waals surface area contributed by atoms with Crippen LogP contribution in [0.4, 0.5) is 5.69 Å². The molecule has 1 fully saturated rings. The van der Waals surface area contributed by atoms with E-state index in [1.54, 1.807) is 0 Å². The zero-order valence-corrected chi connectivity index (χ0v) is 11.2. The van der Waals surface area contributed by atoms with E-state index >= 15 is 0 Å². The molecule has 0 spiro atoms. The first-order valence-corrected chi connectivity index (χ1v) is 7.02. The van der Waals surface area contributed by atoms with Crippen LogP contribution in [-0.4, -0.2) is 30.8 Å². The van der Waals surface area contributed by atoms with Crippen LogP contribution in [0.15, 0.2) is 24.3 Å². The second-order valence-corrected chi connectivity index (χ2v) is 4.99. The minimum absolute atomic E-state index is 0.232. The molecule has 1 saturated carbocycles. The molecular weight excluding hydrogens is 224 g/mol. The number of rotatable bonds is 8. The van der Waals surface area contributed by atoms with Crippen molar-refractivity contribution in [3.8, 4) is 0 Å². The summed E-state index contributed by atoms with van der Waals surface area (Å²) in [5.41, 5.74) is 2.57. The van der Waals surface area contributed by atoms with Crippen LogP contribution >= 0.6 is 0 Å². The summed E-state index contributed by atoms with van der Waals surface area (Å²) in [4.78, 5) is 2.32. The Morgan fingerprint density at radius 2 is 2.00 bits per heavy atom. The van der Waals surface area contributed by atoms with E-state index in [9.17, 15) is 0 Å². The summed E-state index contributed by atoms with van der Waals surface area (Å²) in [6.07, 6.45) is 3.70. The lowest BCUT2D eigenvalue weighted by Crippen LogP contribution is -2.28. The van der Waals surface area contributed by atoms with Crippen molar-refractivity contribution in [2.75, 3.05) is 24.6 Å². The van der Waals surface area contributed by atoms with E-state index < -0.39 is 0 Å². The van der Waals surface area contributed by atoms with Gasteiger partial charge >= 0.3 is 0 Å². The lowest BCUT2D eigenvalue weighted by atomic mass is 10.2. The number of nitrogens with zero attached hydrogens (tertiary/aromatic N) is 1. The van der Waals surface area contributed by atoms with Gasteiger partial charge in [-0.2, -0.15) is 0 Å². The minimum Gasteiger partial charge on any atom is -0.395 e. The van der Waals surface area contributed by atoms with Gasteiger partial charge in [-0.05, 0) is 43.5 Å². The molecule has 0 amide bonds. The summed E-state index contributed by atoms with van der Waals surface area (Å²) in [5, 5.41) is 12.5. The van der Waals surface area contributed by atoms with Gasteiger partial charge < -0.3 is 15.3 Å². The molecule has 0 heterocycles. The quantitative estimate of drug-likeness (QED) is 0.692. The average molecular weight is 248 g/mol. The average Bonchev–Trinajstić information content (AvgIpc) is 3.22. The number of aliphatic hydroxyl groups excluding tert-OH is 1. The van der Waals surface area contributed by atoms with Crippen molar-refractivity contribution in [2.45, 2.75) is 38.8 Å². The number of hydrogen-bond donors (Lipinski definition) is 2. The van der Waals surface area contributed by atoms with E-state index in [1.165, 1.54) is 30.5 Å². The molecule has 1 aromatic rings. The Labute approximate surface area is 110 Å². The van der Waals surface area contributed by atoms with Gasteiger partial charge in [0.25, 0.3) is 0 Å². The Bertz CT molecular complexity index is 346. The molecular formula is C15H24N2O. The molecule has 0 atom stereocenters. The Morgan fingerprint density at radius 3 is 2.56 bits per heavy atom. The first kappa shape index (κ1) is 13.4. The monoisotopic (exact) mass is 248 g/mol. The van der Waals surface area contributed by atoms with E-state index in [1.807, 2.05) is 0 Å².